The molecule has 21 heavy (non-hydrogen) atoms. The second-order valence-corrected chi connectivity index (χ2v) is 5.13. The summed E-state index contributed by atoms with van der Waals surface area (Å²) in [7, 11) is 1.67. The Kier molecular flexibility index (Phi) is 6.59. The molecule has 0 aliphatic carbocycles. The number of benzene rings is 1. The number of hydrogen-bond donors (Lipinski definition) is 1. The van der Waals surface area contributed by atoms with Gasteiger partial charge in [-0.3, -0.25) is 4.79 Å². The van der Waals surface area contributed by atoms with Gasteiger partial charge in [0.1, 0.15) is 17.3 Å². The van der Waals surface area contributed by atoms with Crippen molar-refractivity contribution in [2.24, 2.45) is 0 Å². The zero-order valence-corrected chi connectivity index (χ0v) is 13.2. The summed E-state index contributed by atoms with van der Waals surface area (Å²) in [5.74, 6) is -1.82. The van der Waals surface area contributed by atoms with E-state index < -0.39 is 11.6 Å². The molecule has 0 radical (unpaired) electrons. The van der Waals surface area contributed by atoms with E-state index in [1.807, 2.05) is 20.8 Å². The van der Waals surface area contributed by atoms with Crippen molar-refractivity contribution < 1.29 is 13.6 Å². The average Bonchev–Trinajstić information content (AvgIpc) is 2.46. The number of amides is 1. The van der Waals surface area contributed by atoms with Gasteiger partial charge in [0.2, 0.25) is 0 Å². The summed E-state index contributed by atoms with van der Waals surface area (Å²) in [5.41, 5.74) is -0.125. The van der Waals surface area contributed by atoms with E-state index >= 15 is 0 Å². The molecular formula is C16H24F2N2O. The van der Waals surface area contributed by atoms with E-state index in [-0.39, 0.29) is 23.2 Å². The number of carbonyl (C=O) groups is 1. The highest BCUT2D eigenvalue weighted by Gasteiger charge is 2.21. The number of nitrogens with zero attached hydrogens (tertiary/aromatic N) is 1. The first kappa shape index (κ1) is 17.4. The molecule has 1 rings (SSSR count). The SMILES string of the molecule is CCCNc1c(F)cc(C(=O)N(C)C(CC)CC)cc1F. The van der Waals surface area contributed by atoms with Crippen molar-refractivity contribution in [3.8, 4) is 0 Å². The Bertz CT molecular complexity index is 464. The van der Waals surface area contributed by atoms with Crippen molar-refractivity contribution >= 4 is 11.6 Å². The first-order valence-electron chi connectivity index (χ1n) is 7.46. The van der Waals surface area contributed by atoms with E-state index in [0.29, 0.717) is 6.54 Å². The molecule has 3 nitrogen and oxygen atoms in total. The second-order valence-electron chi connectivity index (χ2n) is 5.13. The van der Waals surface area contributed by atoms with Crippen LogP contribution in [0.2, 0.25) is 0 Å². The monoisotopic (exact) mass is 298 g/mol. The second kappa shape index (κ2) is 7.96. The molecule has 1 N–H and O–H groups in total. The molecule has 0 saturated carbocycles. The number of nitrogens with one attached hydrogen (secondary N) is 1. The van der Waals surface area contributed by atoms with E-state index in [1.165, 1.54) is 0 Å². The highest BCUT2D eigenvalue weighted by Crippen LogP contribution is 2.22. The van der Waals surface area contributed by atoms with E-state index in [1.54, 1.807) is 11.9 Å². The molecule has 1 aromatic carbocycles. The Morgan fingerprint density at radius 2 is 1.71 bits per heavy atom. The Balaban J connectivity index is 3.01. The quantitative estimate of drug-likeness (QED) is 0.823. The molecule has 1 aromatic rings. The van der Waals surface area contributed by atoms with Gasteiger partial charge in [-0.2, -0.15) is 0 Å². The normalized spacial score (nSPS) is 10.8. The highest BCUT2D eigenvalue weighted by atomic mass is 19.1. The smallest absolute Gasteiger partial charge is 0.254 e. The van der Waals surface area contributed by atoms with Crippen LogP contribution in [0.5, 0.6) is 0 Å². The Morgan fingerprint density at radius 1 is 1.19 bits per heavy atom. The van der Waals surface area contributed by atoms with Gasteiger partial charge >= 0.3 is 0 Å². The fraction of sp³-hybridized carbons (Fsp3) is 0.562. The van der Waals surface area contributed by atoms with Crippen LogP contribution >= 0.6 is 0 Å². The highest BCUT2D eigenvalue weighted by molar-refractivity contribution is 5.94. The number of anilines is 1. The van der Waals surface area contributed by atoms with E-state index in [2.05, 4.69) is 5.32 Å². The van der Waals surface area contributed by atoms with Crippen LogP contribution in [0.1, 0.15) is 50.4 Å². The number of carbonyl (C=O) groups excluding carboxylic acids is 1. The average molecular weight is 298 g/mol. The predicted molar refractivity (Wildman–Crippen MR) is 81.6 cm³/mol. The van der Waals surface area contributed by atoms with E-state index in [0.717, 1.165) is 31.4 Å². The van der Waals surface area contributed by atoms with Gasteiger partial charge in [0.15, 0.2) is 0 Å². The third kappa shape index (κ3) is 4.16. The van der Waals surface area contributed by atoms with Crippen LogP contribution in [0.15, 0.2) is 12.1 Å². The van der Waals surface area contributed by atoms with Crippen molar-refractivity contribution in [2.75, 3.05) is 18.9 Å². The molecule has 0 aliphatic heterocycles. The maximum atomic E-state index is 13.9. The van der Waals surface area contributed by atoms with Crippen LogP contribution in [-0.4, -0.2) is 30.4 Å². The molecule has 0 aliphatic rings. The molecule has 0 spiro atoms. The first-order valence-corrected chi connectivity index (χ1v) is 7.46. The molecule has 0 atom stereocenters. The summed E-state index contributed by atoms with van der Waals surface area (Å²) in [5, 5.41) is 2.70. The van der Waals surface area contributed by atoms with Crippen LogP contribution in [0, 0.1) is 11.6 Å². The fourth-order valence-corrected chi connectivity index (χ4v) is 2.32. The Labute approximate surface area is 125 Å². The number of halogens is 2. The van der Waals surface area contributed by atoms with Crippen molar-refractivity contribution in [3.05, 3.63) is 29.3 Å². The van der Waals surface area contributed by atoms with Gasteiger partial charge in [0.05, 0.1) is 0 Å². The van der Waals surface area contributed by atoms with Crippen LogP contribution in [0.25, 0.3) is 0 Å². The third-order valence-corrected chi connectivity index (χ3v) is 3.65. The third-order valence-electron chi connectivity index (χ3n) is 3.65. The predicted octanol–water partition coefficient (Wildman–Crippen LogP) is 4.05. The molecule has 1 amide bonds. The van der Waals surface area contributed by atoms with Gasteiger partial charge in [-0.1, -0.05) is 20.8 Å². The molecule has 5 heteroatoms. The summed E-state index contributed by atoms with van der Waals surface area (Å²) < 4.78 is 27.9. The molecule has 0 heterocycles. The Hall–Kier alpha value is -1.65. The summed E-state index contributed by atoms with van der Waals surface area (Å²) in [6, 6.07) is 2.27. The lowest BCUT2D eigenvalue weighted by Gasteiger charge is -2.26. The van der Waals surface area contributed by atoms with Gasteiger partial charge in [-0.25, -0.2) is 8.78 Å². The van der Waals surface area contributed by atoms with Crippen molar-refractivity contribution in [1.82, 2.24) is 4.90 Å². The minimum absolute atomic E-state index is 0.0430. The van der Waals surface area contributed by atoms with Crippen LogP contribution in [0.3, 0.4) is 0 Å². The topological polar surface area (TPSA) is 32.3 Å². The van der Waals surface area contributed by atoms with Gasteiger partial charge in [0.25, 0.3) is 5.91 Å². The van der Waals surface area contributed by atoms with Crippen LogP contribution in [0.4, 0.5) is 14.5 Å². The lowest BCUT2D eigenvalue weighted by atomic mass is 10.1. The van der Waals surface area contributed by atoms with E-state index in [9.17, 15) is 13.6 Å². The molecule has 0 unspecified atom stereocenters. The van der Waals surface area contributed by atoms with Gasteiger partial charge in [-0.05, 0) is 31.4 Å². The largest absolute Gasteiger partial charge is 0.380 e. The first-order chi connectivity index (χ1) is 9.96. The van der Waals surface area contributed by atoms with Crippen LogP contribution in [-0.2, 0) is 0 Å². The number of hydrogen-bond acceptors (Lipinski definition) is 2. The zero-order valence-electron chi connectivity index (χ0n) is 13.2. The molecular weight excluding hydrogens is 274 g/mol. The lowest BCUT2D eigenvalue weighted by Crippen LogP contribution is -2.36. The van der Waals surface area contributed by atoms with Gasteiger partial charge in [0, 0.05) is 25.2 Å². The van der Waals surface area contributed by atoms with Crippen molar-refractivity contribution in [2.45, 2.75) is 46.1 Å². The maximum Gasteiger partial charge on any atom is 0.254 e. The molecule has 0 bridgehead atoms. The molecule has 0 fully saturated rings. The zero-order chi connectivity index (χ0) is 16.0. The molecule has 0 saturated heterocycles. The minimum Gasteiger partial charge on any atom is -0.380 e. The summed E-state index contributed by atoms with van der Waals surface area (Å²) in [6.45, 7) is 6.36. The van der Waals surface area contributed by atoms with Crippen LogP contribution < -0.4 is 5.32 Å². The number of rotatable bonds is 7. The summed E-state index contributed by atoms with van der Waals surface area (Å²) in [4.78, 5) is 13.9. The molecule has 118 valence electrons. The van der Waals surface area contributed by atoms with Gasteiger partial charge in [-0.15, -0.1) is 0 Å². The maximum absolute atomic E-state index is 13.9. The fourth-order valence-electron chi connectivity index (χ4n) is 2.32. The minimum atomic E-state index is -0.732. The van der Waals surface area contributed by atoms with E-state index in [4.69, 9.17) is 0 Å². The lowest BCUT2D eigenvalue weighted by molar-refractivity contribution is 0.0722. The Morgan fingerprint density at radius 3 is 2.14 bits per heavy atom. The van der Waals surface area contributed by atoms with Gasteiger partial charge < -0.3 is 10.2 Å². The van der Waals surface area contributed by atoms with Crippen molar-refractivity contribution in [1.29, 1.82) is 0 Å². The summed E-state index contributed by atoms with van der Waals surface area (Å²) >= 11 is 0. The van der Waals surface area contributed by atoms with Crippen molar-refractivity contribution in [3.63, 3.8) is 0 Å². The molecule has 0 aromatic heterocycles. The standard InChI is InChI=1S/C16H24F2N2O/c1-5-8-19-15-13(17)9-11(10-14(15)18)16(21)20(4)12(6-2)7-3/h9-10,12,19H,5-8H2,1-4H3. The summed E-state index contributed by atoms with van der Waals surface area (Å²) in [6.07, 6.45) is 2.37.